The number of hydrogen-bond acceptors (Lipinski definition) is 12. The smallest absolute Gasteiger partial charge is 0.293 e. The third kappa shape index (κ3) is 10.6. The van der Waals surface area contributed by atoms with Gasteiger partial charge in [0.25, 0.3) is 21.6 Å². The van der Waals surface area contributed by atoms with Gasteiger partial charge < -0.3 is 29.4 Å². The monoisotopic (exact) mass is 923 g/mol. The number of aromatic amines is 1. The molecule has 4 aliphatic rings. The van der Waals surface area contributed by atoms with Crippen LogP contribution in [-0.2, 0) is 19.5 Å². The van der Waals surface area contributed by atoms with Crippen molar-refractivity contribution in [2.24, 2.45) is 5.92 Å². The van der Waals surface area contributed by atoms with E-state index in [4.69, 9.17) is 25.8 Å². The largest absolute Gasteiger partial charge is 0.456 e. The minimum atomic E-state index is -4.55. The molecule has 0 bridgehead atoms. The van der Waals surface area contributed by atoms with Gasteiger partial charge in [0, 0.05) is 112 Å². The van der Waals surface area contributed by atoms with Crippen LogP contribution in [0.25, 0.3) is 16.5 Å². The van der Waals surface area contributed by atoms with Gasteiger partial charge in [0.15, 0.2) is 0 Å². The fraction of sp³-hybridized carbons (Fsp3) is 0.396. The Kier molecular flexibility index (Phi) is 13.7. The van der Waals surface area contributed by atoms with E-state index in [1.54, 1.807) is 24.3 Å². The quantitative estimate of drug-likeness (QED) is 0.0727. The number of anilines is 2. The number of allylic oxidation sites excluding steroid dienone is 1. The number of nitrogens with zero attached hydrogens (tertiary/aromatic N) is 4. The van der Waals surface area contributed by atoms with Crippen LogP contribution in [-0.4, -0.2) is 119 Å². The lowest BCUT2D eigenvalue weighted by Gasteiger charge is -2.41. The normalized spacial score (nSPS) is 19.3. The lowest BCUT2D eigenvalue weighted by molar-refractivity contribution is -0.384. The first-order valence-corrected chi connectivity index (χ1v) is 24.2. The fourth-order valence-electron chi connectivity index (χ4n) is 9.47. The molecule has 0 radical (unpaired) electrons. The second-order valence-corrected chi connectivity index (χ2v) is 19.3. The number of piperazine rings is 1. The van der Waals surface area contributed by atoms with Crippen molar-refractivity contribution in [2.45, 2.75) is 43.0 Å². The molecule has 3 saturated heterocycles. The summed E-state index contributed by atoms with van der Waals surface area (Å²) in [6.07, 6.45) is 6.62. The van der Waals surface area contributed by atoms with Crippen LogP contribution in [0.3, 0.4) is 0 Å². The summed E-state index contributed by atoms with van der Waals surface area (Å²) in [5.41, 5.74) is 5.63. The van der Waals surface area contributed by atoms with Crippen molar-refractivity contribution in [3.63, 3.8) is 0 Å². The average Bonchev–Trinajstić information content (AvgIpc) is 3.80. The SMILES string of the molecule is O=C(NS(=O)(=O)c1ccc(NCC2CCOCC2)c([N+](=O)[O-])c1)c1ccc(N2CCN(CC3=C(c4ccc(Cl)cc4)CCC(N4CCOCC4)C3)CC2)cc1Oc1ccc2[nH]ccc2c1. The molecule has 1 unspecified atom stereocenters. The number of hydrogen-bond donors (Lipinski definition) is 3. The molecule has 4 heterocycles. The highest BCUT2D eigenvalue weighted by Gasteiger charge is 2.31. The molecule has 1 aliphatic carbocycles. The first-order chi connectivity index (χ1) is 31.6. The van der Waals surface area contributed by atoms with Gasteiger partial charge in [-0.2, -0.15) is 0 Å². The van der Waals surface area contributed by atoms with Crippen molar-refractivity contribution < 1.29 is 32.3 Å². The summed E-state index contributed by atoms with van der Waals surface area (Å²) in [7, 11) is -4.55. The van der Waals surface area contributed by atoms with E-state index in [0.717, 1.165) is 119 Å². The van der Waals surface area contributed by atoms with Crippen molar-refractivity contribution in [1.82, 2.24) is 19.5 Å². The second-order valence-electron chi connectivity index (χ2n) is 17.2. The lowest BCUT2D eigenvalue weighted by atomic mass is 9.83. The Morgan fingerprint density at radius 1 is 0.877 bits per heavy atom. The van der Waals surface area contributed by atoms with Gasteiger partial charge in [0.2, 0.25) is 0 Å². The number of nitro benzene ring substituents is 1. The van der Waals surface area contributed by atoms with E-state index in [0.29, 0.717) is 31.5 Å². The van der Waals surface area contributed by atoms with E-state index in [2.05, 4.69) is 41.9 Å². The number of fused-ring (bicyclic) bond motifs is 1. The Bertz CT molecular complexity index is 2660. The zero-order valence-electron chi connectivity index (χ0n) is 36.2. The zero-order valence-corrected chi connectivity index (χ0v) is 37.7. The number of H-pyrrole nitrogens is 1. The summed E-state index contributed by atoms with van der Waals surface area (Å²) in [5.74, 6) is -0.0313. The van der Waals surface area contributed by atoms with E-state index in [9.17, 15) is 23.3 Å². The average molecular weight is 925 g/mol. The van der Waals surface area contributed by atoms with E-state index in [-0.39, 0.29) is 22.9 Å². The summed E-state index contributed by atoms with van der Waals surface area (Å²) in [4.78, 5) is 35.6. The van der Waals surface area contributed by atoms with Crippen LogP contribution in [0.15, 0.2) is 102 Å². The number of benzene rings is 4. The van der Waals surface area contributed by atoms with Crippen LogP contribution < -0.4 is 19.7 Å². The third-order valence-electron chi connectivity index (χ3n) is 13.1. The Balaban J connectivity index is 0.923. The van der Waals surface area contributed by atoms with Gasteiger partial charge in [-0.25, -0.2) is 13.1 Å². The predicted octanol–water partition coefficient (Wildman–Crippen LogP) is 7.94. The molecule has 1 atom stereocenters. The van der Waals surface area contributed by atoms with Crippen LogP contribution in [0.5, 0.6) is 11.5 Å². The molecule has 4 aromatic carbocycles. The van der Waals surface area contributed by atoms with Gasteiger partial charge in [-0.3, -0.25) is 24.7 Å². The molecule has 3 N–H and O–H groups in total. The molecule has 3 fully saturated rings. The van der Waals surface area contributed by atoms with Crippen LogP contribution in [0.2, 0.25) is 5.02 Å². The van der Waals surface area contributed by atoms with Gasteiger partial charge in [0.05, 0.1) is 28.6 Å². The molecule has 3 aliphatic heterocycles. The molecule has 1 amide bonds. The maximum absolute atomic E-state index is 14.0. The number of nitrogens with one attached hydrogen (secondary N) is 3. The van der Waals surface area contributed by atoms with Crippen LogP contribution >= 0.6 is 11.6 Å². The van der Waals surface area contributed by atoms with Crippen LogP contribution in [0.1, 0.15) is 48.0 Å². The number of ether oxygens (including phenoxy) is 3. The van der Waals surface area contributed by atoms with Crippen LogP contribution in [0.4, 0.5) is 17.1 Å². The van der Waals surface area contributed by atoms with Gasteiger partial charge >= 0.3 is 0 Å². The standard InChI is InChI=1S/C48H54ClN7O8S/c49-37-3-1-34(2-4-37)42-9-5-38(55-21-25-63-26-22-55)27-36(42)32-53-17-19-54(20-18-53)39-6-10-43(47(29-39)64-40-7-11-44-35(28-40)13-16-50-44)48(57)52-65(60,61)41-8-12-45(46(30-41)56(58)59)51-31-33-14-23-62-24-15-33/h1-4,6-8,10-13,16,28-30,33,38,50-51H,5,9,14-15,17-27,31-32H2,(H,52,57). The molecule has 65 heavy (non-hydrogen) atoms. The lowest BCUT2D eigenvalue weighted by Crippen LogP contribution is -2.48. The summed E-state index contributed by atoms with van der Waals surface area (Å²) in [6.45, 7) is 9.17. The number of halogens is 1. The minimum Gasteiger partial charge on any atom is -0.456 e. The van der Waals surface area contributed by atoms with E-state index < -0.39 is 31.4 Å². The Morgan fingerprint density at radius 2 is 1.65 bits per heavy atom. The van der Waals surface area contributed by atoms with Crippen molar-refractivity contribution in [3.8, 4) is 11.5 Å². The molecule has 15 nitrogen and oxygen atoms in total. The topological polar surface area (TPSA) is 172 Å². The first-order valence-electron chi connectivity index (χ1n) is 22.4. The number of nitro groups is 1. The van der Waals surface area contributed by atoms with Gasteiger partial charge in [-0.1, -0.05) is 29.3 Å². The van der Waals surface area contributed by atoms with Gasteiger partial charge in [-0.05, 0) is 110 Å². The molecule has 342 valence electrons. The molecule has 1 aromatic heterocycles. The number of aromatic nitrogens is 1. The molecule has 0 saturated carbocycles. The second kappa shape index (κ2) is 19.9. The third-order valence-corrected chi connectivity index (χ3v) is 14.7. The Labute approximate surface area is 383 Å². The first kappa shape index (κ1) is 44.7. The fourth-order valence-corrected chi connectivity index (χ4v) is 10.6. The predicted molar refractivity (Wildman–Crippen MR) is 252 cm³/mol. The number of amides is 1. The van der Waals surface area contributed by atoms with Crippen molar-refractivity contribution in [2.75, 3.05) is 89.0 Å². The zero-order chi connectivity index (χ0) is 44.9. The number of sulfonamides is 1. The number of rotatable bonds is 14. The highest BCUT2D eigenvalue weighted by Crippen LogP contribution is 2.37. The van der Waals surface area contributed by atoms with Crippen LogP contribution in [0, 0.1) is 16.0 Å². The summed E-state index contributed by atoms with van der Waals surface area (Å²) < 4.78 is 47.1. The van der Waals surface area contributed by atoms with E-state index in [1.165, 1.54) is 28.8 Å². The molecule has 17 heteroatoms. The summed E-state index contributed by atoms with van der Waals surface area (Å²) in [5, 5.41) is 16.9. The van der Waals surface area contributed by atoms with E-state index >= 15 is 0 Å². The Hall–Kier alpha value is -5.49. The van der Waals surface area contributed by atoms with E-state index in [1.807, 2.05) is 36.5 Å². The molecule has 5 aromatic rings. The maximum atomic E-state index is 14.0. The number of morpholine rings is 1. The molecule has 0 spiro atoms. The number of carbonyl (C=O) groups is 1. The van der Waals surface area contributed by atoms with Crippen molar-refractivity contribution >= 4 is 61.1 Å². The molecule has 9 rings (SSSR count). The summed E-state index contributed by atoms with van der Waals surface area (Å²) in [6, 6.07) is 24.8. The Morgan fingerprint density at radius 3 is 2.42 bits per heavy atom. The van der Waals surface area contributed by atoms with Crippen molar-refractivity contribution in [3.05, 3.63) is 123 Å². The highest BCUT2D eigenvalue weighted by atomic mass is 35.5. The number of carbonyl (C=O) groups excluding carboxylic acids is 1. The maximum Gasteiger partial charge on any atom is 0.293 e. The highest BCUT2D eigenvalue weighted by molar-refractivity contribution is 7.90. The summed E-state index contributed by atoms with van der Waals surface area (Å²) >= 11 is 6.29. The molecular weight excluding hydrogens is 870 g/mol. The molecular formula is C48H54ClN7O8S. The minimum absolute atomic E-state index is 0.0110. The van der Waals surface area contributed by atoms with Gasteiger partial charge in [0.1, 0.15) is 17.2 Å². The van der Waals surface area contributed by atoms with Gasteiger partial charge in [-0.15, -0.1) is 0 Å². The van der Waals surface area contributed by atoms with Crippen molar-refractivity contribution in [1.29, 1.82) is 0 Å².